The molecule has 0 aliphatic carbocycles. The first-order valence-electron chi connectivity index (χ1n) is 6.05. The van der Waals surface area contributed by atoms with Crippen molar-refractivity contribution in [3.05, 3.63) is 52.1 Å². The van der Waals surface area contributed by atoms with Gasteiger partial charge < -0.3 is 0 Å². The predicted octanol–water partition coefficient (Wildman–Crippen LogP) is 3.75. The van der Waals surface area contributed by atoms with E-state index in [4.69, 9.17) is 11.6 Å². The molecule has 0 aliphatic rings. The molecule has 114 valence electrons. The number of thioether (sulfide) groups is 1. The molecule has 0 spiro atoms. The second-order valence-electron chi connectivity index (χ2n) is 4.10. The maximum atomic E-state index is 13.4. The third kappa shape index (κ3) is 4.96. The van der Waals surface area contributed by atoms with Crippen molar-refractivity contribution in [1.82, 2.24) is 4.72 Å². The van der Waals surface area contributed by atoms with Gasteiger partial charge in [-0.2, -0.15) is 11.8 Å². The number of sulfonamides is 1. The number of hydrogen-bond donors (Lipinski definition) is 1. The Balaban J connectivity index is 1.76. The Kier molecular flexibility index (Phi) is 6.07. The van der Waals surface area contributed by atoms with Crippen molar-refractivity contribution in [3.8, 4) is 0 Å². The van der Waals surface area contributed by atoms with Crippen LogP contribution in [0.3, 0.4) is 0 Å². The standard InChI is InChI=1S/C13H13ClFNO2S3/c14-12-5-6-13(20-12)21(17,18)16-7-8-19-9-10-3-1-2-4-11(10)15/h1-6,16H,7-9H2. The van der Waals surface area contributed by atoms with Crippen LogP contribution in [-0.2, 0) is 15.8 Å². The van der Waals surface area contributed by atoms with Crippen molar-refractivity contribution in [2.45, 2.75) is 9.96 Å². The summed E-state index contributed by atoms with van der Waals surface area (Å²) in [5, 5.41) is 0. The first-order valence-corrected chi connectivity index (χ1v) is 9.88. The van der Waals surface area contributed by atoms with Gasteiger partial charge in [0.15, 0.2) is 0 Å². The third-order valence-corrected chi connectivity index (χ3v) is 6.76. The molecule has 0 saturated heterocycles. The summed E-state index contributed by atoms with van der Waals surface area (Å²) in [6.45, 7) is 0.289. The molecule has 0 amide bonds. The Bertz CT molecular complexity index is 703. The van der Waals surface area contributed by atoms with E-state index in [2.05, 4.69) is 4.72 Å². The average molecular weight is 366 g/mol. The highest BCUT2D eigenvalue weighted by molar-refractivity contribution is 7.98. The highest BCUT2D eigenvalue weighted by atomic mass is 35.5. The van der Waals surface area contributed by atoms with E-state index in [9.17, 15) is 12.8 Å². The maximum absolute atomic E-state index is 13.4. The number of nitrogens with one attached hydrogen (secondary N) is 1. The van der Waals surface area contributed by atoms with Crippen LogP contribution in [-0.4, -0.2) is 20.7 Å². The van der Waals surface area contributed by atoms with Crippen LogP contribution in [0.4, 0.5) is 4.39 Å². The summed E-state index contributed by atoms with van der Waals surface area (Å²) >= 11 is 8.21. The van der Waals surface area contributed by atoms with Gasteiger partial charge >= 0.3 is 0 Å². The first-order chi connectivity index (χ1) is 9.99. The molecule has 0 fully saturated rings. The topological polar surface area (TPSA) is 46.2 Å². The van der Waals surface area contributed by atoms with Crippen LogP contribution in [0.2, 0.25) is 4.34 Å². The van der Waals surface area contributed by atoms with Gasteiger partial charge in [0.1, 0.15) is 10.0 Å². The largest absolute Gasteiger partial charge is 0.250 e. The fourth-order valence-electron chi connectivity index (χ4n) is 1.56. The molecule has 0 atom stereocenters. The summed E-state index contributed by atoms with van der Waals surface area (Å²) in [5.41, 5.74) is 0.621. The lowest BCUT2D eigenvalue weighted by atomic mass is 10.2. The zero-order valence-corrected chi connectivity index (χ0v) is 14.1. The van der Waals surface area contributed by atoms with Gasteiger partial charge in [0.05, 0.1) is 4.34 Å². The molecule has 1 N–H and O–H groups in total. The number of halogens is 2. The molecule has 8 heteroatoms. The molecule has 1 aromatic carbocycles. The Hall–Kier alpha value is -0.600. The van der Waals surface area contributed by atoms with Gasteiger partial charge in [-0.15, -0.1) is 11.3 Å². The van der Waals surface area contributed by atoms with E-state index < -0.39 is 10.0 Å². The van der Waals surface area contributed by atoms with Crippen LogP contribution in [0, 0.1) is 5.82 Å². The second kappa shape index (κ2) is 7.60. The summed E-state index contributed by atoms with van der Waals surface area (Å²) in [6, 6.07) is 9.58. The molecule has 0 unspecified atom stereocenters. The van der Waals surface area contributed by atoms with Crippen LogP contribution in [0.15, 0.2) is 40.6 Å². The van der Waals surface area contributed by atoms with E-state index in [-0.39, 0.29) is 16.6 Å². The van der Waals surface area contributed by atoms with E-state index in [1.807, 2.05) is 0 Å². The van der Waals surface area contributed by atoms with E-state index in [0.29, 0.717) is 21.4 Å². The van der Waals surface area contributed by atoms with E-state index in [1.54, 1.807) is 24.3 Å². The zero-order valence-electron chi connectivity index (χ0n) is 10.9. The number of benzene rings is 1. The molecule has 3 nitrogen and oxygen atoms in total. The van der Waals surface area contributed by atoms with Gasteiger partial charge in [-0.1, -0.05) is 29.8 Å². The smallest absolute Gasteiger partial charge is 0.210 e. The van der Waals surface area contributed by atoms with Crippen molar-refractivity contribution in [3.63, 3.8) is 0 Å². The van der Waals surface area contributed by atoms with Gasteiger partial charge in [-0.3, -0.25) is 0 Å². The van der Waals surface area contributed by atoms with E-state index in [1.165, 1.54) is 23.9 Å². The Labute approximate surface area is 136 Å². The maximum Gasteiger partial charge on any atom is 0.250 e. The van der Waals surface area contributed by atoms with Gasteiger partial charge in [-0.05, 0) is 23.8 Å². The van der Waals surface area contributed by atoms with Crippen molar-refractivity contribution < 1.29 is 12.8 Å². The highest BCUT2D eigenvalue weighted by Crippen LogP contribution is 2.25. The van der Waals surface area contributed by atoms with Gasteiger partial charge in [0.25, 0.3) is 0 Å². The van der Waals surface area contributed by atoms with E-state index in [0.717, 1.165) is 11.3 Å². The molecule has 0 saturated carbocycles. The highest BCUT2D eigenvalue weighted by Gasteiger charge is 2.15. The minimum Gasteiger partial charge on any atom is -0.210 e. The summed E-state index contributed by atoms with van der Waals surface area (Å²) < 4.78 is 40.3. The Morgan fingerprint density at radius 1 is 1.24 bits per heavy atom. The molecular weight excluding hydrogens is 353 g/mol. The lowest BCUT2D eigenvalue weighted by Crippen LogP contribution is -2.25. The summed E-state index contributed by atoms with van der Waals surface area (Å²) in [5.74, 6) is 0.838. The predicted molar refractivity (Wildman–Crippen MR) is 87.1 cm³/mol. The molecular formula is C13H13ClFNO2S3. The molecule has 2 aromatic rings. The quantitative estimate of drug-likeness (QED) is 0.760. The first kappa shape index (κ1) is 16.8. The van der Waals surface area contributed by atoms with Crippen LogP contribution in [0.1, 0.15) is 5.56 Å². The summed E-state index contributed by atoms with van der Waals surface area (Å²) in [4.78, 5) is 0. The molecule has 21 heavy (non-hydrogen) atoms. The minimum absolute atomic E-state index is 0.201. The number of thiophene rings is 1. The average Bonchev–Trinajstić information content (AvgIpc) is 2.88. The zero-order chi connectivity index (χ0) is 15.3. The molecule has 1 aromatic heterocycles. The third-order valence-electron chi connectivity index (χ3n) is 2.57. The van der Waals surface area contributed by atoms with E-state index >= 15 is 0 Å². The lowest BCUT2D eigenvalue weighted by molar-refractivity contribution is 0.586. The monoisotopic (exact) mass is 365 g/mol. The van der Waals surface area contributed by atoms with Crippen molar-refractivity contribution in [2.75, 3.05) is 12.3 Å². The van der Waals surface area contributed by atoms with Crippen LogP contribution in [0.25, 0.3) is 0 Å². The summed E-state index contributed by atoms with van der Waals surface area (Å²) in [6.07, 6.45) is 0. The minimum atomic E-state index is -3.50. The number of rotatable bonds is 7. The van der Waals surface area contributed by atoms with Crippen molar-refractivity contribution in [1.29, 1.82) is 0 Å². The van der Waals surface area contributed by atoms with Gasteiger partial charge in [0, 0.05) is 18.1 Å². The lowest BCUT2D eigenvalue weighted by Gasteiger charge is -2.05. The molecule has 1 heterocycles. The van der Waals surface area contributed by atoms with Crippen molar-refractivity contribution >= 4 is 44.7 Å². The SMILES string of the molecule is O=S(=O)(NCCSCc1ccccc1F)c1ccc(Cl)s1. The molecule has 0 aliphatic heterocycles. The molecule has 0 bridgehead atoms. The normalized spacial score (nSPS) is 11.7. The fraction of sp³-hybridized carbons (Fsp3) is 0.231. The Morgan fingerprint density at radius 2 is 2.00 bits per heavy atom. The summed E-state index contributed by atoms with van der Waals surface area (Å²) in [7, 11) is -3.50. The van der Waals surface area contributed by atoms with Crippen molar-refractivity contribution in [2.24, 2.45) is 0 Å². The number of hydrogen-bond acceptors (Lipinski definition) is 4. The van der Waals surface area contributed by atoms with Crippen LogP contribution in [0.5, 0.6) is 0 Å². The molecule has 0 radical (unpaired) electrons. The van der Waals surface area contributed by atoms with Gasteiger partial charge in [-0.25, -0.2) is 17.5 Å². The fourth-order valence-corrected chi connectivity index (χ4v) is 5.09. The second-order valence-corrected chi connectivity index (χ2v) is 8.91. The Morgan fingerprint density at radius 3 is 2.67 bits per heavy atom. The van der Waals surface area contributed by atoms with Crippen LogP contribution >= 0.6 is 34.7 Å². The van der Waals surface area contributed by atoms with Crippen LogP contribution < -0.4 is 4.72 Å². The molecule has 2 rings (SSSR count). The van der Waals surface area contributed by atoms with Gasteiger partial charge in [0.2, 0.25) is 10.0 Å².